The number of nitrogens with one attached hydrogen (secondary N) is 1. The van der Waals surface area contributed by atoms with Crippen molar-refractivity contribution in [2.75, 3.05) is 20.1 Å². The van der Waals surface area contributed by atoms with Crippen molar-refractivity contribution in [3.63, 3.8) is 0 Å². The fourth-order valence-corrected chi connectivity index (χ4v) is 2.65. The van der Waals surface area contributed by atoms with Gasteiger partial charge in [-0.2, -0.15) is 0 Å². The molecule has 0 spiro atoms. The smallest absolute Gasteiger partial charge is 0.237 e. The van der Waals surface area contributed by atoms with Crippen LogP contribution < -0.4 is 5.32 Å². The first kappa shape index (κ1) is 12.4. The van der Waals surface area contributed by atoms with E-state index in [1.807, 2.05) is 29.2 Å². The van der Waals surface area contributed by atoms with Gasteiger partial charge in [0.25, 0.3) is 0 Å². The molecule has 92 valence electrons. The molecule has 1 fully saturated rings. The Bertz CT molecular complexity index is 408. The molecule has 4 heteroatoms. The highest BCUT2D eigenvalue weighted by Gasteiger charge is 2.30. The van der Waals surface area contributed by atoms with Gasteiger partial charge < -0.3 is 10.2 Å². The lowest BCUT2D eigenvalue weighted by atomic mass is 10.0. The lowest BCUT2D eigenvalue weighted by molar-refractivity contribution is -0.131. The molecule has 0 radical (unpaired) electrons. The minimum Gasteiger partial charge on any atom is -0.334 e. The lowest BCUT2D eigenvalue weighted by Crippen LogP contribution is -2.36. The van der Waals surface area contributed by atoms with Gasteiger partial charge in [0.15, 0.2) is 0 Å². The maximum Gasteiger partial charge on any atom is 0.237 e. The number of amides is 1. The van der Waals surface area contributed by atoms with Crippen LogP contribution in [0.3, 0.4) is 0 Å². The van der Waals surface area contributed by atoms with E-state index in [0.29, 0.717) is 6.54 Å². The van der Waals surface area contributed by atoms with Crippen LogP contribution in [-0.4, -0.2) is 30.9 Å². The summed E-state index contributed by atoms with van der Waals surface area (Å²) < 4.78 is 0. The van der Waals surface area contributed by atoms with E-state index in [0.717, 1.165) is 30.0 Å². The van der Waals surface area contributed by atoms with Crippen LogP contribution in [0, 0.1) is 0 Å². The van der Waals surface area contributed by atoms with E-state index >= 15 is 0 Å². The molecular weight excluding hydrogens is 236 g/mol. The minimum absolute atomic E-state index is 0.143. The summed E-state index contributed by atoms with van der Waals surface area (Å²) >= 11 is 6.20. The van der Waals surface area contributed by atoms with E-state index in [1.165, 1.54) is 0 Å². The third kappa shape index (κ3) is 2.61. The molecule has 0 saturated carbocycles. The molecule has 1 aliphatic heterocycles. The van der Waals surface area contributed by atoms with Crippen LogP contribution in [0.1, 0.15) is 24.4 Å². The van der Waals surface area contributed by atoms with Crippen molar-refractivity contribution in [3.05, 3.63) is 34.9 Å². The summed E-state index contributed by atoms with van der Waals surface area (Å²) in [5.41, 5.74) is 1.07. The third-order valence-electron chi connectivity index (χ3n) is 3.17. The number of carbonyl (C=O) groups excluding carboxylic acids is 1. The molecule has 1 aromatic rings. The first-order valence-corrected chi connectivity index (χ1v) is 6.30. The number of likely N-dealkylation sites (N-methyl/N-ethyl adjacent to an activating group) is 1. The van der Waals surface area contributed by atoms with Gasteiger partial charge in [-0.1, -0.05) is 29.8 Å². The molecule has 0 aliphatic carbocycles. The normalized spacial score (nSPS) is 19.6. The summed E-state index contributed by atoms with van der Waals surface area (Å²) in [6, 6.07) is 7.93. The molecule has 1 saturated heterocycles. The van der Waals surface area contributed by atoms with Gasteiger partial charge in [0.2, 0.25) is 5.91 Å². The second-order valence-electron chi connectivity index (χ2n) is 4.30. The maximum absolute atomic E-state index is 12.0. The second-order valence-corrected chi connectivity index (χ2v) is 4.70. The summed E-state index contributed by atoms with van der Waals surface area (Å²) in [5.74, 6) is 0.148. The molecule has 0 unspecified atom stereocenters. The van der Waals surface area contributed by atoms with Crippen LogP contribution in [0.25, 0.3) is 0 Å². The topological polar surface area (TPSA) is 32.3 Å². The van der Waals surface area contributed by atoms with Gasteiger partial charge in [-0.05, 0) is 31.5 Å². The zero-order valence-corrected chi connectivity index (χ0v) is 10.7. The Balaban J connectivity index is 2.20. The zero-order chi connectivity index (χ0) is 12.3. The number of likely N-dealkylation sites (tertiary alicyclic amines) is 1. The molecule has 3 nitrogen and oxygen atoms in total. The van der Waals surface area contributed by atoms with Crippen molar-refractivity contribution in [3.8, 4) is 0 Å². The second kappa shape index (κ2) is 5.52. The third-order valence-corrected chi connectivity index (χ3v) is 3.51. The van der Waals surface area contributed by atoms with Crippen LogP contribution in [0.4, 0.5) is 0 Å². The van der Waals surface area contributed by atoms with Crippen molar-refractivity contribution < 1.29 is 4.79 Å². The maximum atomic E-state index is 12.0. The van der Waals surface area contributed by atoms with Crippen LogP contribution >= 0.6 is 11.6 Å². The van der Waals surface area contributed by atoms with Crippen LogP contribution in [0.15, 0.2) is 24.3 Å². The number of benzene rings is 1. The monoisotopic (exact) mass is 252 g/mol. The van der Waals surface area contributed by atoms with Crippen LogP contribution in [-0.2, 0) is 4.79 Å². The Hall–Kier alpha value is -1.06. The van der Waals surface area contributed by atoms with Crippen LogP contribution in [0.5, 0.6) is 0 Å². The quantitative estimate of drug-likeness (QED) is 0.895. The molecular formula is C13H17ClN2O. The largest absolute Gasteiger partial charge is 0.334 e. The van der Waals surface area contributed by atoms with Crippen molar-refractivity contribution in [2.24, 2.45) is 0 Å². The molecule has 1 atom stereocenters. The van der Waals surface area contributed by atoms with Crippen molar-refractivity contribution >= 4 is 17.5 Å². The van der Waals surface area contributed by atoms with E-state index in [4.69, 9.17) is 11.6 Å². The Kier molecular flexibility index (Phi) is 4.02. The molecule has 2 rings (SSSR count). The number of hydrogen-bond acceptors (Lipinski definition) is 2. The molecule has 1 heterocycles. The molecule has 1 N–H and O–H groups in total. The Morgan fingerprint density at radius 1 is 1.53 bits per heavy atom. The first-order valence-electron chi connectivity index (χ1n) is 5.92. The predicted octanol–water partition coefficient (Wildman–Crippen LogP) is 2.22. The molecule has 1 aliphatic rings. The number of rotatable bonds is 3. The average molecular weight is 253 g/mol. The van der Waals surface area contributed by atoms with Gasteiger partial charge in [-0.3, -0.25) is 4.79 Å². The van der Waals surface area contributed by atoms with E-state index in [-0.39, 0.29) is 11.9 Å². The average Bonchev–Trinajstić information content (AvgIpc) is 2.79. The summed E-state index contributed by atoms with van der Waals surface area (Å²) in [6.45, 7) is 1.22. The number of hydrogen-bond donors (Lipinski definition) is 1. The van der Waals surface area contributed by atoms with Gasteiger partial charge >= 0.3 is 0 Å². The SMILES string of the molecule is CNCC(=O)N1CCC[C@H]1c1ccccc1Cl. The molecule has 17 heavy (non-hydrogen) atoms. The zero-order valence-electron chi connectivity index (χ0n) is 9.95. The van der Waals surface area contributed by atoms with E-state index in [1.54, 1.807) is 7.05 Å². The first-order chi connectivity index (χ1) is 8.24. The van der Waals surface area contributed by atoms with Gasteiger partial charge in [0.05, 0.1) is 12.6 Å². The van der Waals surface area contributed by atoms with Crippen molar-refractivity contribution in [1.82, 2.24) is 10.2 Å². The summed E-state index contributed by atoms with van der Waals surface area (Å²) in [5, 5.41) is 3.66. The van der Waals surface area contributed by atoms with Crippen LogP contribution in [0.2, 0.25) is 5.02 Å². The standard InChI is InChI=1S/C13H17ClN2O/c1-15-9-13(17)16-8-4-7-12(16)10-5-2-3-6-11(10)14/h2-3,5-6,12,15H,4,7-9H2,1H3/t12-/m0/s1. The number of nitrogens with zero attached hydrogens (tertiary/aromatic N) is 1. The van der Waals surface area contributed by atoms with Gasteiger partial charge in [-0.25, -0.2) is 0 Å². The van der Waals surface area contributed by atoms with Gasteiger partial charge in [0.1, 0.15) is 0 Å². The summed E-state index contributed by atoms with van der Waals surface area (Å²) in [7, 11) is 1.79. The Labute approximate surface area is 107 Å². The fraction of sp³-hybridized carbons (Fsp3) is 0.462. The Morgan fingerprint density at radius 3 is 3.00 bits per heavy atom. The Morgan fingerprint density at radius 2 is 2.29 bits per heavy atom. The van der Waals surface area contributed by atoms with E-state index in [9.17, 15) is 4.79 Å². The lowest BCUT2D eigenvalue weighted by Gasteiger charge is -2.25. The molecule has 0 bridgehead atoms. The highest BCUT2D eigenvalue weighted by atomic mass is 35.5. The van der Waals surface area contributed by atoms with Gasteiger partial charge in [-0.15, -0.1) is 0 Å². The minimum atomic E-state index is 0.143. The van der Waals surface area contributed by atoms with E-state index in [2.05, 4.69) is 5.32 Å². The molecule has 1 amide bonds. The highest BCUT2D eigenvalue weighted by Crippen LogP contribution is 2.35. The summed E-state index contributed by atoms with van der Waals surface area (Å²) in [4.78, 5) is 13.9. The number of halogens is 1. The molecule has 1 aromatic carbocycles. The molecule has 0 aromatic heterocycles. The predicted molar refractivity (Wildman–Crippen MR) is 69.1 cm³/mol. The summed E-state index contributed by atoms with van der Waals surface area (Å²) in [6.07, 6.45) is 2.05. The number of carbonyl (C=O) groups is 1. The van der Waals surface area contributed by atoms with Gasteiger partial charge in [0, 0.05) is 11.6 Å². The van der Waals surface area contributed by atoms with Crippen molar-refractivity contribution in [1.29, 1.82) is 0 Å². The van der Waals surface area contributed by atoms with E-state index < -0.39 is 0 Å². The van der Waals surface area contributed by atoms with Crippen molar-refractivity contribution in [2.45, 2.75) is 18.9 Å². The fourth-order valence-electron chi connectivity index (χ4n) is 2.39. The highest BCUT2D eigenvalue weighted by molar-refractivity contribution is 6.31.